The Morgan fingerprint density at radius 1 is 1.40 bits per heavy atom. The Morgan fingerprint density at radius 2 is 2.20 bits per heavy atom. The van der Waals surface area contributed by atoms with Gasteiger partial charge < -0.3 is 10.5 Å². The second kappa shape index (κ2) is 7.44. The van der Waals surface area contributed by atoms with Gasteiger partial charge in [-0.15, -0.1) is 11.8 Å². The second-order valence-electron chi connectivity index (χ2n) is 3.96. The number of hydrogen-bond donors (Lipinski definition) is 1. The van der Waals surface area contributed by atoms with Gasteiger partial charge in [0.15, 0.2) is 0 Å². The van der Waals surface area contributed by atoms with Gasteiger partial charge in [-0.25, -0.2) is 9.97 Å². The van der Waals surface area contributed by atoms with Gasteiger partial charge in [0.2, 0.25) is 0 Å². The van der Waals surface area contributed by atoms with Crippen molar-refractivity contribution in [3.8, 4) is 0 Å². The number of halogens is 2. The summed E-state index contributed by atoms with van der Waals surface area (Å²) in [4.78, 5) is 9.86. The van der Waals surface area contributed by atoms with E-state index in [1.165, 1.54) is 0 Å². The fraction of sp³-hybridized carbons (Fsp3) is 0.231. The van der Waals surface area contributed by atoms with Crippen LogP contribution in [-0.4, -0.2) is 17.1 Å². The molecule has 0 aliphatic heterocycles. The summed E-state index contributed by atoms with van der Waals surface area (Å²) < 4.78 is 5.97. The number of nitrogens with zero attached hydrogens (tertiary/aromatic N) is 2. The largest absolute Gasteiger partial charge is 0.383 e. The third kappa shape index (κ3) is 4.21. The lowest BCUT2D eigenvalue weighted by Gasteiger charge is -2.08. The van der Waals surface area contributed by atoms with Gasteiger partial charge in [0.05, 0.1) is 21.6 Å². The summed E-state index contributed by atoms with van der Waals surface area (Å²) in [7, 11) is 1.63. The molecule has 106 valence electrons. The topological polar surface area (TPSA) is 61.0 Å². The molecule has 2 aromatic rings. The molecule has 20 heavy (non-hydrogen) atoms. The fourth-order valence-corrected chi connectivity index (χ4v) is 3.03. The molecule has 0 fully saturated rings. The highest BCUT2D eigenvalue weighted by molar-refractivity contribution is 14.1. The molecule has 2 rings (SSSR count). The number of rotatable bonds is 5. The van der Waals surface area contributed by atoms with Crippen LogP contribution in [0.4, 0.5) is 5.82 Å². The summed E-state index contributed by atoms with van der Waals surface area (Å²) in [5.74, 6) is 1.83. The third-order valence-corrected chi connectivity index (χ3v) is 4.84. The maximum atomic E-state index is 5.96. The quantitative estimate of drug-likeness (QED) is 0.588. The molecular formula is C13H13ClIN3OS. The number of aromatic nitrogens is 2. The van der Waals surface area contributed by atoms with E-state index in [9.17, 15) is 0 Å². The van der Waals surface area contributed by atoms with E-state index in [-0.39, 0.29) is 0 Å². The van der Waals surface area contributed by atoms with Crippen LogP contribution in [0, 0.1) is 3.57 Å². The van der Waals surface area contributed by atoms with Crippen LogP contribution in [0.15, 0.2) is 29.2 Å². The van der Waals surface area contributed by atoms with Crippen molar-refractivity contribution in [3.05, 3.63) is 44.4 Å². The number of hydrogen-bond acceptors (Lipinski definition) is 5. The van der Waals surface area contributed by atoms with Crippen LogP contribution in [0.25, 0.3) is 0 Å². The zero-order valence-corrected chi connectivity index (χ0v) is 14.5. The average Bonchev–Trinajstić information content (AvgIpc) is 2.42. The SMILES string of the molecule is COCc1nc(CSc2cccc(Cl)c2)nc(N)c1I. The van der Waals surface area contributed by atoms with E-state index in [2.05, 4.69) is 32.6 Å². The van der Waals surface area contributed by atoms with Crippen LogP contribution in [0.5, 0.6) is 0 Å². The average molecular weight is 422 g/mol. The number of nitrogen functional groups attached to an aromatic ring is 1. The minimum Gasteiger partial charge on any atom is -0.383 e. The van der Waals surface area contributed by atoms with Crippen molar-refractivity contribution in [1.82, 2.24) is 9.97 Å². The van der Waals surface area contributed by atoms with Crippen LogP contribution >= 0.6 is 46.0 Å². The number of nitrogens with two attached hydrogens (primary N) is 1. The van der Waals surface area contributed by atoms with E-state index in [1.807, 2.05) is 24.3 Å². The Kier molecular flexibility index (Phi) is 5.88. The van der Waals surface area contributed by atoms with Crippen molar-refractivity contribution in [2.75, 3.05) is 12.8 Å². The molecule has 0 aliphatic carbocycles. The molecule has 0 bridgehead atoms. The molecule has 0 radical (unpaired) electrons. The molecular weight excluding hydrogens is 409 g/mol. The van der Waals surface area contributed by atoms with Gasteiger partial charge in [0, 0.05) is 17.0 Å². The zero-order chi connectivity index (χ0) is 14.5. The Morgan fingerprint density at radius 3 is 2.90 bits per heavy atom. The van der Waals surface area contributed by atoms with Gasteiger partial charge in [0.1, 0.15) is 11.6 Å². The van der Waals surface area contributed by atoms with Crippen LogP contribution < -0.4 is 5.73 Å². The minimum atomic E-state index is 0.430. The Labute approximate surface area is 140 Å². The number of ether oxygens (including phenoxy) is 1. The third-order valence-electron chi connectivity index (χ3n) is 2.44. The normalized spacial score (nSPS) is 10.8. The Hall–Kier alpha value is -0.570. The maximum Gasteiger partial charge on any atom is 0.141 e. The molecule has 0 atom stereocenters. The second-order valence-corrected chi connectivity index (χ2v) is 6.53. The maximum absolute atomic E-state index is 5.96. The zero-order valence-electron chi connectivity index (χ0n) is 10.8. The standard InChI is InChI=1S/C13H13ClIN3OS/c1-19-6-10-12(15)13(16)18-11(17-10)7-20-9-4-2-3-8(14)5-9/h2-5H,6-7H2,1H3,(H2,16,17,18). The number of thioether (sulfide) groups is 1. The molecule has 1 heterocycles. The number of benzene rings is 1. The van der Waals surface area contributed by atoms with E-state index in [0.29, 0.717) is 24.0 Å². The molecule has 1 aromatic carbocycles. The molecule has 0 saturated carbocycles. The fourth-order valence-electron chi connectivity index (χ4n) is 1.57. The molecule has 0 spiro atoms. The summed E-state index contributed by atoms with van der Waals surface area (Å²) >= 11 is 9.71. The first-order chi connectivity index (χ1) is 9.60. The highest BCUT2D eigenvalue weighted by atomic mass is 127. The van der Waals surface area contributed by atoms with E-state index in [0.717, 1.165) is 19.2 Å². The first-order valence-electron chi connectivity index (χ1n) is 5.78. The summed E-state index contributed by atoms with van der Waals surface area (Å²) in [5, 5.41) is 0.720. The van der Waals surface area contributed by atoms with Crippen LogP contribution in [0.2, 0.25) is 5.02 Å². The molecule has 0 aliphatic rings. The smallest absolute Gasteiger partial charge is 0.141 e. The van der Waals surface area contributed by atoms with Crippen LogP contribution in [0.3, 0.4) is 0 Å². The first-order valence-corrected chi connectivity index (χ1v) is 8.22. The van der Waals surface area contributed by atoms with Gasteiger partial charge in [-0.3, -0.25) is 0 Å². The Balaban J connectivity index is 2.13. The molecule has 1 aromatic heterocycles. The van der Waals surface area contributed by atoms with Crippen LogP contribution in [-0.2, 0) is 17.1 Å². The lowest BCUT2D eigenvalue weighted by molar-refractivity contribution is 0.180. The number of methoxy groups -OCH3 is 1. The number of anilines is 1. The summed E-state index contributed by atoms with van der Waals surface area (Å²) in [6.45, 7) is 0.430. The van der Waals surface area contributed by atoms with Gasteiger partial charge in [-0.1, -0.05) is 17.7 Å². The van der Waals surface area contributed by atoms with Gasteiger partial charge in [-0.05, 0) is 40.8 Å². The van der Waals surface area contributed by atoms with E-state index >= 15 is 0 Å². The van der Waals surface area contributed by atoms with Crippen LogP contribution in [0.1, 0.15) is 11.5 Å². The predicted octanol–water partition coefficient (Wildman–Crippen LogP) is 3.76. The summed E-state index contributed by atoms with van der Waals surface area (Å²) in [6, 6.07) is 7.69. The minimum absolute atomic E-state index is 0.430. The van der Waals surface area contributed by atoms with E-state index < -0.39 is 0 Å². The van der Waals surface area contributed by atoms with Crippen molar-refractivity contribution in [2.45, 2.75) is 17.3 Å². The lowest BCUT2D eigenvalue weighted by Crippen LogP contribution is -2.07. The Bertz CT molecular complexity index is 612. The van der Waals surface area contributed by atoms with Gasteiger partial charge >= 0.3 is 0 Å². The molecule has 0 amide bonds. The summed E-state index contributed by atoms with van der Waals surface area (Å²) in [5.41, 5.74) is 6.72. The van der Waals surface area contributed by atoms with Crippen molar-refractivity contribution >= 4 is 51.8 Å². The molecule has 7 heteroatoms. The van der Waals surface area contributed by atoms with E-state index in [1.54, 1.807) is 18.9 Å². The van der Waals surface area contributed by atoms with E-state index in [4.69, 9.17) is 22.1 Å². The van der Waals surface area contributed by atoms with Crippen molar-refractivity contribution in [1.29, 1.82) is 0 Å². The molecule has 0 unspecified atom stereocenters. The highest BCUT2D eigenvalue weighted by Gasteiger charge is 2.10. The van der Waals surface area contributed by atoms with Crippen molar-refractivity contribution < 1.29 is 4.74 Å². The first kappa shape index (κ1) is 15.8. The predicted molar refractivity (Wildman–Crippen MR) is 90.9 cm³/mol. The molecule has 2 N–H and O–H groups in total. The monoisotopic (exact) mass is 421 g/mol. The van der Waals surface area contributed by atoms with Crippen molar-refractivity contribution in [3.63, 3.8) is 0 Å². The van der Waals surface area contributed by atoms with Gasteiger partial charge in [-0.2, -0.15) is 0 Å². The molecule has 4 nitrogen and oxygen atoms in total. The summed E-state index contributed by atoms with van der Waals surface area (Å²) in [6.07, 6.45) is 0. The molecule has 0 saturated heterocycles. The highest BCUT2D eigenvalue weighted by Crippen LogP contribution is 2.25. The van der Waals surface area contributed by atoms with Gasteiger partial charge in [0.25, 0.3) is 0 Å². The van der Waals surface area contributed by atoms with Crippen molar-refractivity contribution in [2.24, 2.45) is 0 Å². The lowest BCUT2D eigenvalue weighted by atomic mass is 10.4.